The molecule has 0 radical (unpaired) electrons. The Morgan fingerprint density at radius 2 is 2.11 bits per heavy atom. The van der Waals surface area contributed by atoms with Gasteiger partial charge in [-0.3, -0.25) is 0 Å². The second-order valence-electron chi connectivity index (χ2n) is 5.61. The van der Waals surface area contributed by atoms with Crippen molar-refractivity contribution in [1.82, 2.24) is 10.1 Å². The van der Waals surface area contributed by atoms with E-state index in [0.29, 0.717) is 17.3 Å². The second-order valence-corrected chi connectivity index (χ2v) is 5.61. The third kappa shape index (κ3) is 3.38. The lowest BCUT2D eigenvalue weighted by molar-refractivity contribution is 0.0565. The van der Waals surface area contributed by atoms with E-state index < -0.39 is 6.10 Å². The van der Waals surface area contributed by atoms with E-state index in [9.17, 15) is 9.50 Å². The van der Waals surface area contributed by atoms with Crippen molar-refractivity contribution in [2.75, 3.05) is 0 Å². The Morgan fingerprint density at radius 1 is 1.37 bits per heavy atom. The molecule has 1 unspecified atom stereocenters. The summed E-state index contributed by atoms with van der Waals surface area (Å²) in [4.78, 5) is 4.17. The SMILES string of the molecule is CC(C)(C)C(O)Cc1nc(-c2cccc(F)c2)no1. The molecule has 0 bridgehead atoms. The molecular weight excluding hydrogens is 247 g/mol. The molecule has 102 valence electrons. The van der Waals surface area contributed by atoms with Crippen LogP contribution in [0.25, 0.3) is 11.4 Å². The molecule has 4 nitrogen and oxygen atoms in total. The quantitative estimate of drug-likeness (QED) is 0.926. The molecule has 1 aromatic carbocycles. The van der Waals surface area contributed by atoms with Gasteiger partial charge in [-0.2, -0.15) is 4.98 Å². The van der Waals surface area contributed by atoms with E-state index in [1.807, 2.05) is 20.8 Å². The lowest BCUT2D eigenvalue weighted by Gasteiger charge is -2.24. The molecule has 5 heteroatoms. The molecule has 0 spiro atoms. The van der Waals surface area contributed by atoms with Gasteiger partial charge in [0.05, 0.1) is 12.5 Å². The van der Waals surface area contributed by atoms with Gasteiger partial charge in [0, 0.05) is 5.56 Å². The van der Waals surface area contributed by atoms with E-state index in [0.717, 1.165) is 0 Å². The molecule has 19 heavy (non-hydrogen) atoms. The molecule has 0 aliphatic carbocycles. The molecular formula is C14H17FN2O2. The van der Waals surface area contributed by atoms with Crippen LogP contribution in [0.2, 0.25) is 0 Å². The van der Waals surface area contributed by atoms with Gasteiger partial charge in [0.15, 0.2) is 0 Å². The summed E-state index contributed by atoms with van der Waals surface area (Å²) in [6.45, 7) is 5.80. The predicted octanol–water partition coefficient (Wildman–Crippen LogP) is 2.83. The number of hydrogen-bond donors (Lipinski definition) is 1. The zero-order valence-electron chi connectivity index (χ0n) is 11.2. The normalized spacial score (nSPS) is 13.5. The van der Waals surface area contributed by atoms with Gasteiger partial charge in [0.1, 0.15) is 5.82 Å². The maximum Gasteiger partial charge on any atom is 0.229 e. The van der Waals surface area contributed by atoms with E-state index in [-0.39, 0.29) is 17.7 Å². The lowest BCUT2D eigenvalue weighted by atomic mass is 9.87. The standard InChI is InChI=1S/C14H17FN2O2/c1-14(2,3)11(18)8-12-16-13(17-19-12)9-5-4-6-10(15)7-9/h4-7,11,18H,8H2,1-3H3. The van der Waals surface area contributed by atoms with Crippen LogP contribution in [0.15, 0.2) is 28.8 Å². The number of rotatable bonds is 3. The lowest BCUT2D eigenvalue weighted by Crippen LogP contribution is -2.28. The number of aromatic nitrogens is 2. The van der Waals surface area contributed by atoms with E-state index in [4.69, 9.17) is 4.52 Å². The summed E-state index contributed by atoms with van der Waals surface area (Å²) in [5.41, 5.74) is 0.299. The topological polar surface area (TPSA) is 59.2 Å². The summed E-state index contributed by atoms with van der Waals surface area (Å²) < 4.78 is 18.2. The minimum atomic E-state index is -0.576. The van der Waals surface area contributed by atoms with Crippen LogP contribution in [-0.2, 0) is 6.42 Å². The smallest absolute Gasteiger partial charge is 0.229 e. The molecule has 0 saturated heterocycles. The van der Waals surface area contributed by atoms with Crippen molar-refractivity contribution in [2.24, 2.45) is 5.41 Å². The monoisotopic (exact) mass is 264 g/mol. The van der Waals surface area contributed by atoms with E-state index >= 15 is 0 Å². The van der Waals surface area contributed by atoms with Gasteiger partial charge in [0.2, 0.25) is 11.7 Å². The van der Waals surface area contributed by atoms with Crippen LogP contribution in [0.4, 0.5) is 4.39 Å². The molecule has 0 fully saturated rings. The molecule has 1 atom stereocenters. The van der Waals surface area contributed by atoms with Gasteiger partial charge in [-0.25, -0.2) is 4.39 Å². The largest absolute Gasteiger partial charge is 0.392 e. The molecule has 0 aliphatic rings. The Kier molecular flexibility index (Phi) is 3.66. The third-order valence-corrected chi connectivity index (χ3v) is 2.92. The Labute approximate surface area is 111 Å². The molecule has 0 saturated carbocycles. The number of nitrogens with zero attached hydrogens (tertiary/aromatic N) is 2. The van der Waals surface area contributed by atoms with Crippen LogP contribution < -0.4 is 0 Å². The second kappa shape index (κ2) is 5.09. The first-order valence-corrected chi connectivity index (χ1v) is 6.13. The Morgan fingerprint density at radius 3 is 2.74 bits per heavy atom. The molecule has 0 aliphatic heterocycles. The van der Waals surface area contributed by atoms with Crippen LogP contribution in [0.3, 0.4) is 0 Å². The third-order valence-electron chi connectivity index (χ3n) is 2.92. The summed E-state index contributed by atoms with van der Waals surface area (Å²) in [6, 6.07) is 5.99. The van der Waals surface area contributed by atoms with E-state index in [2.05, 4.69) is 10.1 Å². The highest BCUT2D eigenvalue weighted by atomic mass is 19.1. The fourth-order valence-corrected chi connectivity index (χ4v) is 1.55. The molecule has 1 aromatic heterocycles. The van der Waals surface area contributed by atoms with Gasteiger partial charge < -0.3 is 9.63 Å². The average molecular weight is 264 g/mol. The Bertz CT molecular complexity index is 561. The summed E-state index contributed by atoms with van der Waals surface area (Å²) in [5.74, 6) is 0.330. The van der Waals surface area contributed by atoms with E-state index in [1.54, 1.807) is 12.1 Å². The summed E-state index contributed by atoms with van der Waals surface area (Å²) in [7, 11) is 0. The maximum absolute atomic E-state index is 13.1. The molecule has 1 heterocycles. The van der Waals surface area contributed by atoms with Crippen LogP contribution in [0, 0.1) is 11.2 Å². The Balaban J connectivity index is 2.16. The summed E-state index contributed by atoms with van der Waals surface area (Å²) >= 11 is 0. The first kappa shape index (κ1) is 13.7. The number of hydrogen-bond acceptors (Lipinski definition) is 4. The highest BCUT2D eigenvalue weighted by Crippen LogP contribution is 2.23. The van der Waals surface area contributed by atoms with Crippen molar-refractivity contribution in [3.8, 4) is 11.4 Å². The van der Waals surface area contributed by atoms with Crippen molar-refractivity contribution in [2.45, 2.75) is 33.3 Å². The maximum atomic E-state index is 13.1. The zero-order valence-corrected chi connectivity index (χ0v) is 11.2. The molecule has 0 amide bonds. The van der Waals surface area contributed by atoms with Gasteiger partial charge in [-0.15, -0.1) is 0 Å². The number of aliphatic hydroxyl groups is 1. The number of benzene rings is 1. The van der Waals surface area contributed by atoms with Gasteiger partial charge in [-0.05, 0) is 17.5 Å². The van der Waals surface area contributed by atoms with Crippen molar-refractivity contribution in [1.29, 1.82) is 0 Å². The number of aliphatic hydroxyl groups excluding tert-OH is 1. The number of halogens is 1. The summed E-state index contributed by atoms with van der Waals surface area (Å²) in [6.07, 6.45) is -0.292. The van der Waals surface area contributed by atoms with Crippen LogP contribution in [0.1, 0.15) is 26.7 Å². The van der Waals surface area contributed by atoms with Crippen molar-refractivity contribution >= 4 is 0 Å². The summed E-state index contributed by atoms with van der Waals surface area (Å²) in [5, 5.41) is 13.8. The molecule has 2 rings (SSSR count). The minimum absolute atomic E-state index is 0.256. The molecule has 2 aromatic rings. The van der Waals surface area contributed by atoms with Crippen LogP contribution >= 0.6 is 0 Å². The van der Waals surface area contributed by atoms with Gasteiger partial charge in [-0.1, -0.05) is 38.1 Å². The highest BCUT2D eigenvalue weighted by molar-refractivity contribution is 5.53. The highest BCUT2D eigenvalue weighted by Gasteiger charge is 2.24. The zero-order chi connectivity index (χ0) is 14.0. The minimum Gasteiger partial charge on any atom is -0.392 e. The van der Waals surface area contributed by atoms with Gasteiger partial charge in [0.25, 0.3) is 0 Å². The Hall–Kier alpha value is -1.75. The predicted molar refractivity (Wildman–Crippen MR) is 68.9 cm³/mol. The van der Waals surface area contributed by atoms with Crippen molar-refractivity contribution in [3.05, 3.63) is 36.0 Å². The fourth-order valence-electron chi connectivity index (χ4n) is 1.55. The fraction of sp³-hybridized carbons (Fsp3) is 0.429. The first-order valence-electron chi connectivity index (χ1n) is 6.13. The van der Waals surface area contributed by atoms with Crippen LogP contribution in [0.5, 0.6) is 0 Å². The van der Waals surface area contributed by atoms with Gasteiger partial charge >= 0.3 is 0 Å². The van der Waals surface area contributed by atoms with Crippen molar-refractivity contribution < 1.29 is 14.0 Å². The molecule has 1 N–H and O–H groups in total. The van der Waals surface area contributed by atoms with Crippen LogP contribution in [-0.4, -0.2) is 21.4 Å². The first-order chi connectivity index (χ1) is 8.86. The average Bonchev–Trinajstić information content (AvgIpc) is 2.76. The van der Waals surface area contributed by atoms with Crippen molar-refractivity contribution in [3.63, 3.8) is 0 Å². The van der Waals surface area contributed by atoms with E-state index in [1.165, 1.54) is 12.1 Å².